The summed E-state index contributed by atoms with van der Waals surface area (Å²) in [5.74, 6) is -0.326. The van der Waals surface area contributed by atoms with Gasteiger partial charge in [-0.15, -0.1) is 0 Å². The third-order valence-corrected chi connectivity index (χ3v) is 6.54. The quantitative estimate of drug-likeness (QED) is 0.266. The minimum absolute atomic E-state index is 0.0378. The zero-order chi connectivity index (χ0) is 25.2. The Hall–Kier alpha value is -3.28. The molecule has 3 aromatic carbocycles. The lowest BCUT2D eigenvalue weighted by atomic mass is 9.87. The highest BCUT2D eigenvalue weighted by molar-refractivity contribution is 6.35. The Morgan fingerprint density at radius 2 is 1.69 bits per heavy atom. The number of aromatic nitrogens is 1. The lowest BCUT2D eigenvalue weighted by molar-refractivity contribution is -0.119. The van der Waals surface area contributed by atoms with Crippen molar-refractivity contribution in [1.29, 1.82) is 0 Å². The van der Waals surface area contributed by atoms with Crippen molar-refractivity contribution in [1.82, 2.24) is 10.3 Å². The molecule has 0 saturated carbocycles. The molecular weight excluding hydrogens is 481 g/mol. The fourth-order valence-corrected chi connectivity index (χ4v) is 4.46. The number of fused-ring (bicyclic) bond motifs is 1. The Morgan fingerprint density at radius 1 is 0.971 bits per heavy atom. The highest BCUT2D eigenvalue weighted by atomic mass is 35.5. The molecule has 0 aliphatic rings. The van der Waals surface area contributed by atoms with Crippen LogP contribution in [0.2, 0.25) is 10.0 Å². The van der Waals surface area contributed by atoms with Gasteiger partial charge in [0.1, 0.15) is 11.3 Å². The van der Waals surface area contributed by atoms with E-state index in [0.717, 1.165) is 5.69 Å². The molecule has 1 aromatic heterocycles. The molecular formula is C28H27Cl2N3O2. The molecule has 4 aromatic rings. The molecule has 0 radical (unpaired) electrons. The maximum Gasteiger partial charge on any atom is 0.240 e. The molecule has 5 nitrogen and oxygen atoms in total. The maximum absolute atomic E-state index is 13.0. The molecule has 7 heteroatoms. The van der Waals surface area contributed by atoms with Crippen LogP contribution in [0.15, 0.2) is 72.9 Å². The smallest absolute Gasteiger partial charge is 0.240 e. The number of carbonyl (C=O) groups is 1. The van der Waals surface area contributed by atoms with Gasteiger partial charge in [0.2, 0.25) is 5.91 Å². The van der Waals surface area contributed by atoms with Crippen LogP contribution in [0.1, 0.15) is 43.5 Å². The van der Waals surface area contributed by atoms with E-state index in [2.05, 4.69) is 48.5 Å². The van der Waals surface area contributed by atoms with Crippen LogP contribution in [0.3, 0.4) is 0 Å². The van der Waals surface area contributed by atoms with Crippen LogP contribution < -0.4 is 10.6 Å². The summed E-state index contributed by atoms with van der Waals surface area (Å²) in [6.45, 7) is 6.50. The first-order chi connectivity index (χ1) is 16.6. The van der Waals surface area contributed by atoms with Gasteiger partial charge in [-0.3, -0.25) is 9.78 Å². The second-order valence-electron chi connectivity index (χ2n) is 9.40. The summed E-state index contributed by atoms with van der Waals surface area (Å²) in [5, 5.41) is 18.7. The van der Waals surface area contributed by atoms with Crippen molar-refractivity contribution in [2.24, 2.45) is 0 Å². The number of nitrogens with one attached hydrogen (secondary N) is 2. The molecule has 1 amide bonds. The highest BCUT2D eigenvalue weighted by Crippen LogP contribution is 2.39. The van der Waals surface area contributed by atoms with Gasteiger partial charge in [0, 0.05) is 27.9 Å². The summed E-state index contributed by atoms with van der Waals surface area (Å²) in [6.07, 6.45) is 1.58. The van der Waals surface area contributed by atoms with E-state index >= 15 is 0 Å². The number of carbonyl (C=O) groups excluding carboxylic acids is 1. The number of anilines is 1. The summed E-state index contributed by atoms with van der Waals surface area (Å²) in [7, 11) is 0. The topological polar surface area (TPSA) is 74.2 Å². The number of halogens is 2. The Kier molecular flexibility index (Phi) is 7.20. The van der Waals surface area contributed by atoms with Gasteiger partial charge in [-0.1, -0.05) is 74.3 Å². The molecule has 4 rings (SSSR count). The minimum Gasteiger partial charge on any atom is -0.505 e. The predicted octanol–water partition coefficient (Wildman–Crippen LogP) is 6.86. The van der Waals surface area contributed by atoms with Crippen molar-refractivity contribution in [3.05, 3.63) is 99.7 Å². The Bertz CT molecular complexity index is 1370. The highest BCUT2D eigenvalue weighted by Gasteiger charge is 2.25. The molecule has 0 bridgehead atoms. The zero-order valence-corrected chi connectivity index (χ0v) is 21.3. The standard InChI is InChI=1S/C28H27Cl2N3O2/c1-28(2,3)17-10-12-18(13-11-17)32-16-24(34)33-25(19-7-4-5-9-22(19)29)21-15-23(30)20-8-6-14-31-26(20)27(21)35/h4-15,25,32,35H,16H2,1-3H3,(H,33,34). The summed E-state index contributed by atoms with van der Waals surface area (Å²) in [6, 6.07) is 19.6. The summed E-state index contributed by atoms with van der Waals surface area (Å²) < 4.78 is 0. The lowest BCUT2D eigenvalue weighted by Gasteiger charge is -2.23. The van der Waals surface area contributed by atoms with E-state index in [0.29, 0.717) is 32.1 Å². The van der Waals surface area contributed by atoms with Gasteiger partial charge in [-0.05, 0) is 52.9 Å². The van der Waals surface area contributed by atoms with Crippen LogP contribution in [0.4, 0.5) is 5.69 Å². The molecule has 3 N–H and O–H groups in total. The van der Waals surface area contributed by atoms with E-state index in [9.17, 15) is 9.90 Å². The molecule has 0 saturated heterocycles. The Balaban J connectivity index is 1.61. The van der Waals surface area contributed by atoms with Crippen molar-refractivity contribution >= 4 is 45.7 Å². The van der Waals surface area contributed by atoms with Gasteiger partial charge in [0.05, 0.1) is 17.6 Å². The van der Waals surface area contributed by atoms with E-state index in [4.69, 9.17) is 23.2 Å². The zero-order valence-electron chi connectivity index (χ0n) is 19.8. The van der Waals surface area contributed by atoms with Gasteiger partial charge < -0.3 is 15.7 Å². The van der Waals surface area contributed by atoms with Crippen LogP contribution in [0, 0.1) is 0 Å². The number of phenolic OH excluding ortho intramolecular Hbond substituents is 1. The van der Waals surface area contributed by atoms with Crippen LogP contribution in [0.5, 0.6) is 5.75 Å². The summed E-state index contributed by atoms with van der Waals surface area (Å²) in [4.78, 5) is 17.3. The molecule has 0 fully saturated rings. The number of aromatic hydroxyl groups is 1. The van der Waals surface area contributed by atoms with Gasteiger partial charge in [0.25, 0.3) is 0 Å². The van der Waals surface area contributed by atoms with E-state index in [-0.39, 0.29) is 23.6 Å². The van der Waals surface area contributed by atoms with Crippen LogP contribution in [-0.4, -0.2) is 22.5 Å². The van der Waals surface area contributed by atoms with Crippen molar-refractivity contribution < 1.29 is 9.90 Å². The molecule has 180 valence electrons. The summed E-state index contributed by atoms with van der Waals surface area (Å²) >= 11 is 13.0. The monoisotopic (exact) mass is 507 g/mol. The predicted molar refractivity (Wildman–Crippen MR) is 143 cm³/mol. The number of pyridine rings is 1. The molecule has 1 unspecified atom stereocenters. The average Bonchev–Trinajstić information content (AvgIpc) is 2.84. The van der Waals surface area contributed by atoms with Crippen molar-refractivity contribution in [2.75, 3.05) is 11.9 Å². The maximum atomic E-state index is 13.0. The number of benzene rings is 3. The van der Waals surface area contributed by atoms with E-state index in [1.165, 1.54) is 5.56 Å². The summed E-state index contributed by atoms with van der Waals surface area (Å²) in [5.41, 5.74) is 3.51. The van der Waals surface area contributed by atoms with Crippen molar-refractivity contribution in [3.63, 3.8) is 0 Å². The van der Waals surface area contributed by atoms with Gasteiger partial charge >= 0.3 is 0 Å². The SMILES string of the molecule is CC(C)(C)c1ccc(NCC(=O)NC(c2ccccc2Cl)c2cc(Cl)c3cccnc3c2O)cc1. The first kappa shape index (κ1) is 24.8. The largest absolute Gasteiger partial charge is 0.505 e. The average molecular weight is 508 g/mol. The third-order valence-electron chi connectivity index (χ3n) is 5.88. The Labute approximate surface area is 215 Å². The fraction of sp³-hybridized carbons (Fsp3) is 0.214. The normalized spacial score (nSPS) is 12.4. The number of hydrogen-bond donors (Lipinski definition) is 3. The first-order valence-corrected chi connectivity index (χ1v) is 12.0. The lowest BCUT2D eigenvalue weighted by Crippen LogP contribution is -2.34. The molecule has 1 atom stereocenters. The number of amides is 1. The second kappa shape index (κ2) is 10.1. The number of rotatable bonds is 6. The van der Waals surface area contributed by atoms with Crippen LogP contribution in [0.25, 0.3) is 10.9 Å². The second-order valence-corrected chi connectivity index (χ2v) is 10.2. The third kappa shape index (κ3) is 5.53. The molecule has 1 heterocycles. The van der Waals surface area contributed by atoms with Crippen molar-refractivity contribution in [3.8, 4) is 5.75 Å². The first-order valence-electron chi connectivity index (χ1n) is 11.3. The van der Waals surface area contributed by atoms with E-state index < -0.39 is 6.04 Å². The van der Waals surface area contributed by atoms with Gasteiger partial charge in [0.15, 0.2) is 0 Å². The number of hydrogen-bond acceptors (Lipinski definition) is 4. The Morgan fingerprint density at radius 3 is 2.37 bits per heavy atom. The number of nitrogens with zero attached hydrogens (tertiary/aromatic N) is 1. The van der Waals surface area contributed by atoms with E-state index in [1.54, 1.807) is 30.5 Å². The molecule has 0 aliphatic heterocycles. The van der Waals surface area contributed by atoms with Gasteiger partial charge in [-0.25, -0.2) is 0 Å². The van der Waals surface area contributed by atoms with Crippen LogP contribution in [-0.2, 0) is 10.2 Å². The number of phenols is 1. The molecule has 35 heavy (non-hydrogen) atoms. The van der Waals surface area contributed by atoms with Crippen molar-refractivity contribution in [2.45, 2.75) is 32.2 Å². The van der Waals surface area contributed by atoms with Gasteiger partial charge in [-0.2, -0.15) is 0 Å². The molecule has 0 spiro atoms. The molecule has 0 aliphatic carbocycles. The van der Waals surface area contributed by atoms with Crippen LogP contribution >= 0.6 is 23.2 Å². The fourth-order valence-electron chi connectivity index (χ4n) is 3.94. The van der Waals surface area contributed by atoms with E-state index in [1.807, 2.05) is 30.3 Å². The minimum atomic E-state index is -0.731.